The molecule has 0 aliphatic rings. The van der Waals surface area contributed by atoms with E-state index in [1.807, 2.05) is 19.1 Å². The number of hydrogen-bond donors (Lipinski definition) is 1. The number of benzene rings is 1. The van der Waals surface area contributed by atoms with Crippen LogP contribution < -0.4 is 0 Å². The molecule has 0 saturated carbocycles. The van der Waals surface area contributed by atoms with E-state index < -0.39 is 0 Å². The van der Waals surface area contributed by atoms with Crippen molar-refractivity contribution in [2.24, 2.45) is 0 Å². The highest BCUT2D eigenvalue weighted by atomic mass is 35.5. The molecule has 5 heteroatoms. The largest absolute Gasteiger partial charge is 0.342 e. The van der Waals surface area contributed by atoms with Crippen LogP contribution in [-0.2, 0) is 5.41 Å². The van der Waals surface area contributed by atoms with Gasteiger partial charge in [-0.2, -0.15) is 0 Å². The molecule has 1 aromatic heterocycles. The summed E-state index contributed by atoms with van der Waals surface area (Å²) in [6, 6.07) is 5.44. The summed E-state index contributed by atoms with van der Waals surface area (Å²) in [5, 5.41) is 1.21. The monoisotopic (exact) mass is 326 g/mol. The quantitative estimate of drug-likeness (QED) is 0.679. The van der Waals surface area contributed by atoms with Crippen molar-refractivity contribution in [3.63, 3.8) is 0 Å². The lowest BCUT2D eigenvalue weighted by Gasteiger charge is -2.20. The minimum atomic E-state index is -0.116. The van der Waals surface area contributed by atoms with Gasteiger partial charge in [-0.25, -0.2) is 4.98 Å². The van der Waals surface area contributed by atoms with Gasteiger partial charge >= 0.3 is 0 Å². The minimum Gasteiger partial charge on any atom is -0.342 e. The first-order valence-electron chi connectivity index (χ1n) is 6.27. The first kappa shape index (κ1) is 15.5. The van der Waals surface area contributed by atoms with Gasteiger partial charge in [0.2, 0.25) is 0 Å². The maximum atomic E-state index is 6.30. The van der Waals surface area contributed by atoms with Gasteiger partial charge in [0, 0.05) is 21.6 Å². The fraction of sp³-hybridized carbons (Fsp3) is 0.333. The fourth-order valence-electron chi connectivity index (χ4n) is 1.85. The molecule has 2 rings (SSSR count). The van der Waals surface area contributed by atoms with Crippen LogP contribution in [0.5, 0.6) is 0 Å². The summed E-state index contributed by atoms with van der Waals surface area (Å²) in [5.74, 6) is 0.842. The third-order valence-electron chi connectivity index (χ3n) is 3.06. The van der Waals surface area contributed by atoms with Crippen LogP contribution in [0.25, 0.3) is 11.3 Å². The van der Waals surface area contributed by atoms with E-state index in [4.69, 9.17) is 35.4 Å². The molecule has 0 saturated heterocycles. The molecule has 0 aliphatic heterocycles. The lowest BCUT2D eigenvalue weighted by Crippen LogP contribution is -2.17. The van der Waals surface area contributed by atoms with Gasteiger partial charge in [0.1, 0.15) is 10.5 Å². The SMILES string of the molecule is Cc1c(-c2ccc(Cl)cc2Cl)[nH]c(C(C)(C)C)nc1=S. The van der Waals surface area contributed by atoms with Gasteiger partial charge in [0.05, 0.1) is 10.7 Å². The Labute approximate surface area is 134 Å². The Hall–Kier alpha value is -0.900. The zero-order valence-corrected chi connectivity index (χ0v) is 14.2. The van der Waals surface area contributed by atoms with E-state index in [9.17, 15) is 0 Å². The topological polar surface area (TPSA) is 28.7 Å². The lowest BCUT2D eigenvalue weighted by atomic mass is 9.95. The second-order valence-corrected chi connectivity index (χ2v) is 7.00. The molecule has 2 aromatic rings. The highest BCUT2D eigenvalue weighted by molar-refractivity contribution is 7.71. The second kappa shape index (κ2) is 5.47. The number of aromatic nitrogens is 2. The van der Waals surface area contributed by atoms with Crippen LogP contribution in [0.4, 0.5) is 0 Å². The van der Waals surface area contributed by atoms with Crippen molar-refractivity contribution in [1.82, 2.24) is 9.97 Å². The second-order valence-electron chi connectivity index (χ2n) is 5.76. The Balaban J connectivity index is 2.73. The summed E-state index contributed by atoms with van der Waals surface area (Å²) in [7, 11) is 0. The molecule has 0 spiro atoms. The Kier molecular flexibility index (Phi) is 4.24. The highest BCUT2D eigenvalue weighted by Crippen LogP contribution is 2.32. The Bertz CT molecular complexity index is 715. The van der Waals surface area contributed by atoms with E-state index in [2.05, 4.69) is 30.7 Å². The van der Waals surface area contributed by atoms with E-state index in [-0.39, 0.29) is 5.41 Å². The summed E-state index contributed by atoms with van der Waals surface area (Å²) in [6.45, 7) is 8.20. The van der Waals surface area contributed by atoms with E-state index in [0.29, 0.717) is 14.7 Å². The predicted molar refractivity (Wildman–Crippen MR) is 88.3 cm³/mol. The number of H-pyrrole nitrogens is 1. The van der Waals surface area contributed by atoms with Gasteiger partial charge < -0.3 is 4.98 Å². The summed E-state index contributed by atoms with van der Waals surface area (Å²) in [6.07, 6.45) is 0. The van der Waals surface area contributed by atoms with Crippen molar-refractivity contribution >= 4 is 35.4 Å². The van der Waals surface area contributed by atoms with Crippen molar-refractivity contribution in [3.8, 4) is 11.3 Å². The first-order valence-corrected chi connectivity index (χ1v) is 7.43. The molecule has 106 valence electrons. The van der Waals surface area contributed by atoms with Crippen LogP contribution >= 0.6 is 35.4 Å². The van der Waals surface area contributed by atoms with Gasteiger partial charge in [0.25, 0.3) is 0 Å². The average Bonchev–Trinajstić information content (AvgIpc) is 2.32. The summed E-state index contributed by atoms with van der Waals surface area (Å²) >= 11 is 17.6. The molecular formula is C15H16Cl2N2S. The summed E-state index contributed by atoms with van der Waals surface area (Å²) in [5.41, 5.74) is 2.58. The normalized spacial score (nSPS) is 11.7. The predicted octanol–water partition coefficient (Wildman–Crippen LogP) is 5.72. The van der Waals surface area contributed by atoms with Gasteiger partial charge in [-0.3, -0.25) is 0 Å². The molecule has 0 amide bonds. The number of nitrogens with zero attached hydrogens (tertiary/aromatic N) is 1. The number of halogens is 2. The molecule has 1 aromatic carbocycles. The maximum Gasteiger partial charge on any atom is 0.133 e. The van der Waals surface area contributed by atoms with Gasteiger partial charge in [-0.15, -0.1) is 0 Å². The van der Waals surface area contributed by atoms with E-state index in [0.717, 1.165) is 22.6 Å². The van der Waals surface area contributed by atoms with Crippen molar-refractivity contribution in [2.45, 2.75) is 33.1 Å². The average molecular weight is 327 g/mol. The van der Waals surface area contributed by atoms with E-state index >= 15 is 0 Å². The van der Waals surface area contributed by atoms with Crippen molar-refractivity contribution in [1.29, 1.82) is 0 Å². The molecular weight excluding hydrogens is 311 g/mol. The standard InChI is InChI=1S/C15H16Cl2N2S/c1-8-12(10-6-5-9(16)7-11(10)17)18-14(15(2,3)4)19-13(8)20/h5-7H,1-4H3,(H,18,19,20). The minimum absolute atomic E-state index is 0.116. The van der Waals surface area contributed by atoms with Crippen molar-refractivity contribution < 1.29 is 0 Å². The maximum absolute atomic E-state index is 6.30. The lowest BCUT2D eigenvalue weighted by molar-refractivity contribution is 0.544. The van der Waals surface area contributed by atoms with Gasteiger partial charge in [-0.1, -0.05) is 56.2 Å². The third-order valence-corrected chi connectivity index (χ3v) is 4.01. The molecule has 0 bridgehead atoms. The Morgan fingerprint density at radius 3 is 2.40 bits per heavy atom. The number of aromatic amines is 1. The zero-order chi connectivity index (χ0) is 15.1. The molecule has 0 aliphatic carbocycles. The molecule has 20 heavy (non-hydrogen) atoms. The van der Waals surface area contributed by atoms with Crippen LogP contribution in [0, 0.1) is 11.6 Å². The number of nitrogens with one attached hydrogen (secondary N) is 1. The van der Waals surface area contributed by atoms with Crippen molar-refractivity contribution in [2.75, 3.05) is 0 Å². The van der Waals surface area contributed by atoms with Crippen LogP contribution in [0.1, 0.15) is 32.2 Å². The molecule has 0 atom stereocenters. The highest BCUT2D eigenvalue weighted by Gasteiger charge is 2.19. The van der Waals surface area contributed by atoms with E-state index in [1.165, 1.54) is 0 Å². The first-order chi connectivity index (χ1) is 9.20. The van der Waals surface area contributed by atoms with Crippen LogP contribution in [0.3, 0.4) is 0 Å². The fourth-order valence-corrected chi connectivity index (χ4v) is 2.55. The Morgan fingerprint density at radius 1 is 1.20 bits per heavy atom. The zero-order valence-electron chi connectivity index (χ0n) is 11.8. The Morgan fingerprint density at radius 2 is 1.85 bits per heavy atom. The van der Waals surface area contributed by atoms with Crippen LogP contribution in [0.2, 0.25) is 10.0 Å². The third kappa shape index (κ3) is 3.05. The molecule has 1 N–H and O–H groups in total. The van der Waals surface area contributed by atoms with E-state index in [1.54, 1.807) is 6.07 Å². The molecule has 0 fully saturated rings. The van der Waals surface area contributed by atoms with Gasteiger partial charge in [0.15, 0.2) is 0 Å². The molecule has 1 heterocycles. The van der Waals surface area contributed by atoms with Crippen molar-refractivity contribution in [3.05, 3.63) is 44.3 Å². The van der Waals surface area contributed by atoms with Crippen LogP contribution in [0.15, 0.2) is 18.2 Å². The number of hydrogen-bond acceptors (Lipinski definition) is 2. The van der Waals surface area contributed by atoms with Gasteiger partial charge in [-0.05, 0) is 25.1 Å². The number of rotatable bonds is 1. The summed E-state index contributed by atoms with van der Waals surface area (Å²) < 4.78 is 0.592. The molecule has 0 radical (unpaired) electrons. The smallest absolute Gasteiger partial charge is 0.133 e. The van der Waals surface area contributed by atoms with Crippen LogP contribution in [-0.4, -0.2) is 9.97 Å². The molecule has 2 nitrogen and oxygen atoms in total. The summed E-state index contributed by atoms with van der Waals surface area (Å²) in [4.78, 5) is 7.83. The molecule has 0 unspecified atom stereocenters.